The number of ether oxygens (including phenoxy) is 1. The van der Waals surface area contributed by atoms with Crippen LogP contribution in [0, 0.1) is 0 Å². The number of rotatable bonds is 3. The SMILES string of the molecule is [N-]=[N+]=Nc1c(Cl)cc(C(F)(C(F)(F)F)C(F)(F)F)cc1OC(F)(F)F. The molecule has 0 atom stereocenters. The Bertz CT molecular complexity index is 691. The molecule has 140 valence electrons. The van der Waals surface area contributed by atoms with Crippen molar-refractivity contribution in [3.8, 4) is 5.75 Å². The van der Waals surface area contributed by atoms with Gasteiger partial charge in [-0.3, -0.25) is 0 Å². The van der Waals surface area contributed by atoms with Crippen LogP contribution in [0.1, 0.15) is 5.56 Å². The predicted octanol–water partition coefficient (Wildman–Crippen LogP) is 6.47. The first-order valence-electron chi connectivity index (χ1n) is 5.52. The monoisotopic (exact) mass is 405 g/mol. The van der Waals surface area contributed by atoms with Gasteiger partial charge in [0.15, 0.2) is 0 Å². The lowest BCUT2D eigenvalue weighted by Gasteiger charge is -2.31. The zero-order valence-corrected chi connectivity index (χ0v) is 11.8. The molecule has 0 fully saturated rings. The first-order valence-corrected chi connectivity index (χ1v) is 5.89. The van der Waals surface area contributed by atoms with Crippen molar-refractivity contribution >= 4 is 17.3 Å². The zero-order chi connectivity index (χ0) is 19.8. The summed E-state index contributed by atoms with van der Waals surface area (Å²) in [6.07, 6.45) is -18.8. The van der Waals surface area contributed by atoms with Crippen molar-refractivity contribution in [3.05, 3.63) is 33.2 Å². The van der Waals surface area contributed by atoms with Crippen LogP contribution in [0.25, 0.3) is 10.4 Å². The van der Waals surface area contributed by atoms with Crippen LogP contribution in [0.4, 0.5) is 49.6 Å². The summed E-state index contributed by atoms with van der Waals surface area (Å²) < 4.78 is 130. The molecule has 0 amide bonds. The van der Waals surface area contributed by atoms with Gasteiger partial charge in [-0.15, -0.1) is 13.2 Å². The summed E-state index contributed by atoms with van der Waals surface area (Å²) in [7, 11) is 0. The van der Waals surface area contributed by atoms with Gasteiger partial charge in [-0.25, -0.2) is 4.39 Å². The van der Waals surface area contributed by atoms with E-state index >= 15 is 0 Å². The van der Waals surface area contributed by atoms with E-state index in [0.717, 1.165) is 0 Å². The van der Waals surface area contributed by atoms with Crippen molar-refractivity contribution in [2.45, 2.75) is 24.4 Å². The normalized spacial score (nSPS) is 13.4. The first-order chi connectivity index (χ1) is 11.0. The minimum absolute atomic E-state index is 0.268. The van der Waals surface area contributed by atoms with Crippen LogP contribution < -0.4 is 4.74 Å². The van der Waals surface area contributed by atoms with Gasteiger partial charge in [0.25, 0.3) is 0 Å². The summed E-state index contributed by atoms with van der Waals surface area (Å²) in [5.41, 5.74) is -1.49. The molecule has 0 radical (unpaired) electrons. The smallest absolute Gasteiger partial charge is 0.405 e. The van der Waals surface area contributed by atoms with E-state index in [1.165, 1.54) is 0 Å². The van der Waals surface area contributed by atoms with Gasteiger partial charge in [0.2, 0.25) is 0 Å². The third kappa shape index (κ3) is 4.12. The van der Waals surface area contributed by atoms with Gasteiger partial charge in [-0.1, -0.05) is 16.7 Å². The summed E-state index contributed by atoms with van der Waals surface area (Å²) in [5, 5.41) is 1.25. The standard InChI is InChI=1S/C10H2ClF10N3O/c11-4-1-3(7(12,8(13,14)15)9(16,17)18)2-5(6(4)23-24-22)25-10(19,20)21/h1-2H. The molecule has 0 heterocycles. The Morgan fingerprint density at radius 2 is 1.40 bits per heavy atom. The maximum atomic E-state index is 13.9. The molecule has 1 rings (SSSR count). The van der Waals surface area contributed by atoms with E-state index in [2.05, 4.69) is 9.85 Å². The van der Waals surface area contributed by atoms with Gasteiger partial charge in [0, 0.05) is 10.5 Å². The summed E-state index contributed by atoms with van der Waals surface area (Å²) in [5.74, 6) is -1.84. The minimum atomic E-state index is -6.59. The van der Waals surface area contributed by atoms with Crippen LogP contribution in [0.15, 0.2) is 17.2 Å². The molecule has 0 aliphatic rings. The zero-order valence-electron chi connectivity index (χ0n) is 11.1. The summed E-state index contributed by atoms with van der Waals surface area (Å²) in [6.45, 7) is 0. The molecule has 0 aliphatic carbocycles. The van der Waals surface area contributed by atoms with Crippen molar-refractivity contribution in [2.75, 3.05) is 0 Å². The number of benzene rings is 1. The third-order valence-electron chi connectivity index (χ3n) is 2.58. The maximum absolute atomic E-state index is 13.9. The second kappa shape index (κ2) is 6.33. The minimum Gasteiger partial charge on any atom is -0.405 e. The van der Waals surface area contributed by atoms with Gasteiger partial charge < -0.3 is 4.74 Å². The first kappa shape index (κ1) is 21.0. The van der Waals surface area contributed by atoms with Crippen LogP contribution >= 0.6 is 11.6 Å². The molecule has 4 nitrogen and oxygen atoms in total. The number of hydrogen-bond donors (Lipinski definition) is 0. The average molecular weight is 406 g/mol. The number of azide groups is 1. The molecule has 1 aromatic rings. The van der Waals surface area contributed by atoms with Crippen molar-refractivity contribution in [1.82, 2.24) is 0 Å². The summed E-state index contributed by atoms with van der Waals surface area (Å²) >= 11 is 5.23. The molecule has 0 unspecified atom stereocenters. The fourth-order valence-corrected chi connectivity index (χ4v) is 1.85. The van der Waals surface area contributed by atoms with E-state index in [9.17, 15) is 43.9 Å². The van der Waals surface area contributed by atoms with Crippen molar-refractivity contribution < 1.29 is 48.6 Å². The van der Waals surface area contributed by atoms with E-state index in [4.69, 9.17) is 17.1 Å². The topological polar surface area (TPSA) is 58.0 Å². The Balaban J connectivity index is 3.80. The van der Waals surface area contributed by atoms with Crippen LogP contribution in [-0.4, -0.2) is 18.7 Å². The lowest BCUT2D eigenvalue weighted by atomic mass is 9.93. The Morgan fingerprint density at radius 3 is 1.76 bits per heavy atom. The van der Waals surface area contributed by atoms with Crippen molar-refractivity contribution in [2.24, 2.45) is 5.11 Å². The Kier molecular flexibility index (Phi) is 5.31. The Hall–Kier alpha value is -2.08. The van der Waals surface area contributed by atoms with Gasteiger partial charge in [0.05, 0.1) is 10.7 Å². The molecule has 0 saturated carbocycles. The van der Waals surface area contributed by atoms with Crippen LogP contribution in [-0.2, 0) is 5.67 Å². The molecule has 1 aromatic carbocycles. The van der Waals surface area contributed by atoms with Crippen molar-refractivity contribution in [1.29, 1.82) is 0 Å². The number of halogens is 11. The molecule has 0 spiro atoms. The van der Waals surface area contributed by atoms with Crippen LogP contribution in [0.5, 0.6) is 5.75 Å². The average Bonchev–Trinajstić information content (AvgIpc) is 2.37. The second-order valence-electron chi connectivity index (χ2n) is 4.20. The maximum Gasteiger partial charge on any atom is 0.573 e. The highest BCUT2D eigenvalue weighted by molar-refractivity contribution is 6.33. The van der Waals surface area contributed by atoms with E-state index in [-0.39, 0.29) is 6.07 Å². The summed E-state index contributed by atoms with van der Waals surface area (Å²) in [6, 6.07) is -0.819. The number of alkyl halides is 10. The number of nitrogens with zero attached hydrogens (tertiary/aromatic N) is 3. The third-order valence-corrected chi connectivity index (χ3v) is 2.87. The molecule has 0 aromatic heterocycles. The molecule has 25 heavy (non-hydrogen) atoms. The van der Waals surface area contributed by atoms with Crippen LogP contribution in [0.3, 0.4) is 0 Å². The van der Waals surface area contributed by atoms with Gasteiger partial charge in [-0.2, -0.15) is 26.3 Å². The highest BCUT2D eigenvalue weighted by atomic mass is 35.5. The quantitative estimate of drug-likeness (QED) is 0.246. The molecule has 0 saturated heterocycles. The fraction of sp³-hybridized carbons (Fsp3) is 0.400. The molecular formula is C10H2ClF10N3O. The van der Waals surface area contributed by atoms with E-state index in [1.54, 1.807) is 0 Å². The summed E-state index contributed by atoms with van der Waals surface area (Å²) in [4.78, 5) is 2.00. The van der Waals surface area contributed by atoms with Crippen LogP contribution in [0.2, 0.25) is 5.02 Å². The Morgan fingerprint density at radius 1 is 0.920 bits per heavy atom. The molecule has 0 aliphatic heterocycles. The molecule has 0 N–H and O–H groups in total. The fourth-order valence-electron chi connectivity index (χ4n) is 1.61. The van der Waals surface area contributed by atoms with Gasteiger partial charge in [-0.05, 0) is 17.7 Å². The largest absolute Gasteiger partial charge is 0.573 e. The highest BCUT2D eigenvalue weighted by Crippen LogP contribution is 2.55. The lowest BCUT2D eigenvalue weighted by molar-refractivity contribution is -0.348. The van der Waals surface area contributed by atoms with Gasteiger partial charge >= 0.3 is 24.4 Å². The Labute approximate surface area is 135 Å². The lowest BCUT2D eigenvalue weighted by Crippen LogP contribution is -2.50. The van der Waals surface area contributed by atoms with E-state index in [0.29, 0.717) is 0 Å². The second-order valence-corrected chi connectivity index (χ2v) is 4.60. The van der Waals surface area contributed by atoms with Crippen molar-refractivity contribution in [3.63, 3.8) is 0 Å². The molecule has 15 heteroatoms. The van der Waals surface area contributed by atoms with Gasteiger partial charge in [0.1, 0.15) is 5.75 Å². The molecular weight excluding hydrogens is 404 g/mol. The van der Waals surface area contributed by atoms with E-state index in [1.807, 2.05) is 4.91 Å². The molecule has 0 bridgehead atoms. The number of hydrogen-bond acceptors (Lipinski definition) is 2. The predicted molar refractivity (Wildman–Crippen MR) is 61.8 cm³/mol. The van der Waals surface area contributed by atoms with E-state index < -0.39 is 52.5 Å². The highest BCUT2D eigenvalue weighted by Gasteiger charge is 2.73.